The Hall–Kier alpha value is -0.150. The SMILES string of the molecule is CNCC(F)C(C)OC. The van der Waals surface area contributed by atoms with Gasteiger partial charge in [-0.05, 0) is 14.0 Å². The minimum Gasteiger partial charge on any atom is -0.379 e. The smallest absolute Gasteiger partial charge is 0.138 e. The fourth-order valence-corrected chi connectivity index (χ4v) is 0.509. The number of hydrogen-bond acceptors (Lipinski definition) is 2. The fourth-order valence-electron chi connectivity index (χ4n) is 0.509. The average Bonchev–Trinajstić information content (AvgIpc) is 1.87. The molecule has 0 saturated heterocycles. The highest BCUT2D eigenvalue weighted by Gasteiger charge is 2.13. The van der Waals surface area contributed by atoms with Crippen molar-refractivity contribution in [3.63, 3.8) is 0 Å². The molecule has 0 bridgehead atoms. The van der Waals surface area contributed by atoms with Crippen molar-refractivity contribution >= 4 is 0 Å². The summed E-state index contributed by atoms with van der Waals surface area (Å²) in [5.41, 5.74) is 0. The van der Waals surface area contributed by atoms with Gasteiger partial charge in [0.2, 0.25) is 0 Å². The summed E-state index contributed by atoms with van der Waals surface area (Å²) in [6, 6.07) is 0. The molecule has 0 spiro atoms. The van der Waals surface area contributed by atoms with Crippen molar-refractivity contribution in [2.75, 3.05) is 20.7 Å². The maximum Gasteiger partial charge on any atom is 0.138 e. The molecule has 0 heterocycles. The first-order valence-electron chi connectivity index (χ1n) is 3.03. The summed E-state index contributed by atoms with van der Waals surface area (Å²) in [6.07, 6.45) is -1.21. The van der Waals surface area contributed by atoms with Crippen LogP contribution >= 0.6 is 0 Å². The molecule has 2 nitrogen and oxygen atoms in total. The highest BCUT2D eigenvalue weighted by molar-refractivity contribution is 4.64. The van der Waals surface area contributed by atoms with Crippen LogP contribution in [-0.2, 0) is 4.74 Å². The lowest BCUT2D eigenvalue weighted by molar-refractivity contribution is 0.0469. The van der Waals surface area contributed by atoms with Gasteiger partial charge in [-0.25, -0.2) is 4.39 Å². The third-order valence-corrected chi connectivity index (χ3v) is 1.28. The maximum absolute atomic E-state index is 12.6. The lowest BCUT2D eigenvalue weighted by Crippen LogP contribution is -2.30. The molecule has 0 amide bonds. The number of rotatable bonds is 4. The molecule has 0 aliphatic carbocycles. The van der Waals surface area contributed by atoms with Gasteiger partial charge in [0.05, 0.1) is 6.10 Å². The summed E-state index contributed by atoms with van der Waals surface area (Å²) in [6.45, 7) is 2.07. The predicted molar refractivity (Wildman–Crippen MR) is 35.3 cm³/mol. The van der Waals surface area contributed by atoms with E-state index in [0.717, 1.165) is 0 Å². The van der Waals surface area contributed by atoms with E-state index in [4.69, 9.17) is 4.74 Å². The third-order valence-electron chi connectivity index (χ3n) is 1.28. The minimum atomic E-state index is -0.903. The van der Waals surface area contributed by atoms with Gasteiger partial charge in [-0.1, -0.05) is 0 Å². The number of hydrogen-bond donors (Lipinski definition) is 1. The molecule has 0 rings (SSSR count). The van der Waals surface area contributed by atoms with Crippen LogP contribution in [0.15, 0.2) is 0 Å². The van der Waals surface area contributed by atoms with Gasteiger partial charge in [0.25, 0.3) is 0 Å². The van der Waals surface area contributed by atoms with Gasteiger partial charge in [-0.15, -0.1) is 0 Å². The van der Waals surface area contributed by atoms with E-state index in [2.05, 4.69) is 5.32 Å². The first-order chi connectivity index (χ1) is 4.22. The zero-order valence-electron chi connectivity index (χ0n) is 6.15. The first-order valence-corrected chi connectivity index (χ1v) is 3.03. The van der Waals surface area contributed by atoms with Crippen LogP contribution in [0.3, 0.4) is 0 Å². The van der Waals surface area contributed by atoms with Gasteiger partial charge in [-0.2, -0.15) is 0 Å². The Morgan fingerprint density at radius 1 is 1.67 bits per heavy atom. The highest BCUT2D eigenvalue weighted by Crippen LogP contribution is 1.99. The molecule has 0 aromatic carbocycles. The van der Waals surface area contributed by atoms with E-state index < -0.39 is 6.17 Å². The standard InChI is InChI=1S/C6H14FNO/c1-5(9-3)6(7)4-8-2/h5-6,8H,4H2,1-3H3. The van der Waals surface area contributed by atoms with Gasteiger partial charge in [-0.3, -0.25) is 0 Å². The Morgan fingerprint density at radius 2 is 2.22 bits per heavy atom. The normalized spacial score (nSPS) is 17.3. The van der Waals surface area contributed by atoms with Gasteiger partial charge in [0.15, 0.2) is 0 Å². The van der Waals surface area contributed by atoms with Crippen LogP contribution in [0.5, 0.6) is 0 Å². The Kier molecular flexibility index (Phi) is 4.62. The fraction of sp³-hybridized carbons (Fsp3) is 1.00. The number of ether oxygens (including phenoxy) is 1. The monoisotopic (exact) mass is 135 g/mol. The predicted octanol–water partition coefficient (Wildman–Crippen LogP) is 0.579. The van der Waals surface area contributed by atoms with Crippen LogP contribution in [0, 0.1) is 0 Å². The molecule has 0 radical (unpaired) electrons. The first kappa shape index (κ1) is 8.85. The van der Waals surface area contributed by atoms with Crippen LogP contribution in [0.2, 0.25) is 0 Å². The van der Waals surface area contributed by atoms with Gasteiger partial charge in [0, 0.05) is 13.7 Å². The summed E-state index contributed by atoms with van der Waals surface area (Å²) in [5.74, 6) is 0. The summed E-state index contributed by atoms with van der Waals surface area (Å²) in [4.78, 5) is 0. The van der Waals surface area contributed by atoms with Gasteiger partial charge in [0.1, 0.15) is 6.17 Å². The van der Waals surface area contributed by atoms with Crippen LogP contribution in [0.25, 0.3) is 0 Å². The molecule has 0 aliphatic rings. The van der Waals surface area contributed by atoms with Crippen molar-refractivity contribution in [1.82, 2.24) is 5.32 Å². The van der Waals surface area contributed by atoms with Gasteiger partial charge >= 0.3 is 0 Å². The molecular weight excluding hydrogens is 121 g/mol. The zero-order valence-corrected chi connectivity index (χ0v) is 6.15. The summed E-state index contributed by atoms with van der Waals surface area (Å²) in [7, 11) is 3.22. The highest BCUT2D eigenvalue weighted by atomic mass is 19.1. The molecule has 0 fully saturated rings. The summed E-state index contributed by atoms with van der Waals surface area (Å²) < 4.78 is 17.4. The topological polar surface area (TPSA) is 21.3 Å². The summed E-state index contributed by atoms with van der Waals surface area (Å²) >= 11 is 0. The largest absolute Gasteiger partial charge is 0.379 e. The second kappa shape index (κ2) is 4.70. The molecule has 0 aromatic heterocycles. The lowest BCUT2D eigenvalue weighted by atomic mass is 10.2. The third kappa shape index (κ3) is 3.43. The van der Waals surface area contributed by atoms with E-state index in [1.807, 2.05) is 0 Å². The van der Waals surface area contributed by atoms with Crippen molar-refractivity contribution in [1.29, 1.82) is 0 Å². The second-order valence-corrected chi connectivity index (χ2v) is 2.01. The Labute approximate surface area is 55.4 Å². The van der Waals surface area contributed by atoms with Crippen molar-refractivity contribution < 1.29 is 9.13 Å². The van der Waals surface area contributed by atoms with Crippen LogP contribution in [-0.4, -0.2) is 33.0 Å². The van der Waals surface area contributed by atoms with Crippen LogP contribution in [0.4, 0.5) is 4.39 Å². The summed E-state index contributed by atoms with van der Waals surface area (Å²) in [5, 5.41) is 2.73. The number of nitrogens with one attached hydrogen (secondary N) is 1. The Morgan fingerprint density at radius 3 is 2.56 bits per heavy atom. The maximum atomic E-state index is 12.6. The van der Waals surface area contributed by atoms with Crippen molar-refractivity contribution in [3.8, 4) is 0 Å². The molecule has 9 heavy (non-hydrogen) atoms. The van der Waals surface area contributed by atoms with Crippen molar-refractivity contribution in [3.05, 3.63) is 0 Å². The Balaban J connectivity index is 3.32. The molecule has 2 atom stereocenters. The van der Waals surface area contributed by atoms with Crippen LogP contribution in [0.1, 0.15) is 6.92 Å². The van der Waals surface area contributed by atoms with E-state index in [-0.39, 0.29) is 6.10 Å². The average molecular weight is 135 g/mol. The molecule has 3 heteroatoms. The van der Waals surface area contributed by atoms with Crippen LogP contribution < -0.4 is 5.32 Å². The number of halogens is 1. The quantitative estimate of drug-likeness (QED) is 0.608. The van der Waals surface area contributed by atoms with E-state index in [1.165, 1.54) is 7.11 Å². The second-order valence-electron chi connectivity index (χ2n) is 2.01. The number of methoxy groups -OCH3 is 1. The van der Waals surface area contributed by atoms with Crippen molar-refractivity contribution in [2.24, 2.45) is 0 Å². The van der Waals surface area contributed by atoms with E-state index in [0.29, 0.717) is 6.54 Å². The van der Waals surface area contributed by atoms with E-state index in [1.54, 1.807) is 14.0 Å². The minimum absolute atomic E-state index is 0.308. The molecule has 56 valence electrons. The molecule has 0 saturated carbocycles. The molecule has 0 aromatic rings. The molecule has 0 aliphatic heterocycles. The molecular formula is C6H14FNO. The van der Waals surface area contributed by atoms with Gasteiger partial charge < -0.3 is 10.1 Å². The number of alkyl halides is 1. The Bertz CT molecular complexity index is 70.1. The molecule has 1 N–H and O–H groups in total. The lowest BCUT2D eigenvalue weighted by Gasteiger charge is -2.13. The molecule has 2 unspecified atom stereocenters. The van der Waals surface area contributed by atoms with E-state index >= 15 is 0 Å². The van der Waals surface area contributed by atoms with E-state index in [9.17, 15) is 4.39 Å². The zero-order chi connectivity index (χ0) is 7.28. The van der Waals surface area contributed by atoms with Crippen molar-refractivity contribution in [2.45, 2.75) is 19.2 Å².